The second kappa shape index (κ2) is 10.6. The minimum absolute atomic E-state index is 0.858. The van der Waals surface area contributed by atoms with Crippen molar-refractivity contribution in [1.29, 1.82) is 0 Å². The van der Waals surface area contributed by atoms with Crippen LogP contribution in [0.4, 0.5) is 17.1 Å². The molecule has 3 nitrogen and oxygen atoms in total. The molecule has 0 aliphatic heterocycles. The molecule has 4 heteroatoms. The summed E-state index contributed by atoms with van der Waals surface area (Å²) in [5, 5.41) is 9.32. The topological polar surface area (TPSA) is 29.5 Å². The first kappa shape index (κ1) is 27.6. The third-order valence-corrected chi connectivity index (χ3v) is 11.2. The van der Waals surface area contributed by atoms with Crippen LogP contribution in [0.5, 0.6) is 0 Å². The maximum Gasteiger partial charge on any atom is 0.155 e. The van der Waals surface area contributed by atoms with Crippen LogP contribution in [0, 0.1) is 0 Å². The Balaban J connectivity index is 1.21. The molecule has 0 radical (unpaired) electrons. The van der Waals surface area contributed by atoms with Crippen LogP contribution in [-0.2, 0) is 0 Å². The highest BCUT2D eigenvalue weighted by atomic mass is 32.1. The van der Waals surface area contributed by atoms with E-state index < -0.39 is 0 Å². The lowest BCUT2D eigenvalue weighted by Gasteiger charge is -2.27. The van der Waals surface area contributed by atoms with Crippen molar-refractivity contribution in [3.8, 4) is 11.1 Å². The van der Waals surface area contributed by atoms with Crippen molar-refractivity contribution >= 4 is 103 Å². The standard InChI is InChI=1S/C46H27NO2S/c1-2-12-32-28(10-1)11-9-16-33(32)29-20-22-30(23-21-29)47(31-24-25-35-34-13-3-6-17-40(34)48-42(35)26-31)39-27-38-36-14-5-8-19-43(36)50-46(38)45-44(39)37-15-4-7-18-41(37)49-45/h1-27H. The summed E-state index contributed by atoms with van der Waals surface area (Å²) in [5.41, 5.74) is 9.08. The minimum Gasteiger partial charge on any atom is -0.456 e. The molecular weight excluding hydrogens is 631 g/mol. The molecule has 11 rings (SSSR count). The Labute approximate surface area is 290 Å². The van der Waals surface area contributed by atoms with Crippen molar-refractivity contribution < 1.29 is 8.83 Å². The van der Waals surface area contributed by atoms with Crippen LogP contribution in [0.1, 0.15) is 0 Å². The Morgan fingerprint density at radius 2 is 1.10 bits per heavy atom. The van der Waals surface area contributed by atoms with Gasteiger partial charge in [0.25, 0.3) is 0 Å². The second-order valence-electron chi connectivity index (χ2n) is 12.9. The SMILES string of the molecule is c1ccc2c(-c3ccc(N(c4ccc5c(c4)oc4ccccc45)c4cc5c6ccccc6sc5c5oc6ccccc6c45)cc3)cccc2c1. The monoisotopic (exact) mass is 657 g/mol. The Bertz CT molecular complexity index is 3100. The highest BCUT2D eigenvalue weighted by Gasteiger charge is 2.24. The summed E-state index contributed by atoms with van der Waals surface area (Å²) in [6.07, 6.45) is 0. The fourth-order valence-electron chi connectivity index (χ4n) is 7.77. The summed E-state index contributed by atoms with van der Waals surface area (Å²) in [4.78, 5) is 2.37. The lowest BCUT2D eigenvalue weighted by molar-refractivity contribution is 0.669. The summed E-state index contributed by atoms with van der Waals surface area (Å²) in [6, 6.07) is 58.3. The molecule has 0 saturated carbocycles. The van der Waals surface area contributed by atoms with Crippen LogP contribution in [0.3, 0.4) is 0 Å². The lowest BCUT2D eigenvalue weighted by Crippen LogP contribution is -2.10. The van der Waals surface area contributed by atoms with Crippen LogP contribution in [-0.4, -0.2) is 0 Å². The van der Waals surface area contributed by atoms with Gasteiger partial charge in [-0.3, -0.25) is 0 Å². The molecule has 0 atom stereocenters. The van der Waals surface area contributed by atoms with E-state index in [-0.39, 0.29) is 0 Å². The maximum absolute atomic E-state index is 6.75. The molecule has 0 unspecified atom stereocenters. The zero-order valence-electron chi connectivity index (χ0n) is 26.8. The number of anilines is 3. The predicted octanol–water partition coefficient (Wildman–Crippen LogP) is 14.1. The van der Waals surface area contributed by atoms with E-state index in [1.54, 1.807) is 11.3 Å². The summed E-state index contributed by atoms with van der Waals surface area (Å²) < 4.78 is 15.6. The van der Waals surface area contributed by atoms with E-state index in [9.17, 15) is 0 Å². The summed E-state index contributed by atoms with van der Waals surface area (Å²) in [6.45, 7) is 0. The Morgan fingerprint density at radius 3 is 1.96 bits per heavy atom. The van der Waals surface area contributed by atoms with Gasteiger partial charge in [0.2, 0.25) is 0 Å². The molecule has 234 valence electrons. The van der Waals surface area contributed by atoms with Crippen molar-refractivity contribution in [2.75, 3.05) is 4.90 Å². The number of benzene rings is 8. The Hall–Kier alpha value is -6.36. The lowest BCUT2D eigenvalue weighted by atomic mass is 9.98. The van der Waals surface area contributed by atoms with Crippen LogP contribution < -0.4 is 4.90 Å². The van der Waals surface area contributed by atoms with Gasteiger partial charge in [0.1, 0.15) is 16.7 Å². The molecule has 0 fully saturated rings. The van der Waals surface area contributed by atoms with Gasteiger partial charge >= 0.3 is 0 Å². The number of furan rings is 2. The van der Waals surface area contributed by atoms with E-state index in [1.165, 1.54) is 42.1 Å². The average Bonchev–Trinajstić information content (AvgIpc) is 3.86. The van der Waals surface area contributed by atoms with Crippen molar-refractivity contribution in [1.82, 2.24) is 0 Å². The highest BCUT2D eigenvalue weighted by Crippen LogP contribution is 2.50. The minimum atomic E-state index is 0.858. The van der Waals surface area contributed by atoms with Crippen LogP contribution in [0.25, 0.3) is 85.9 Å². The number of thiophene rings is 1. The average molecular weight is 658 g/mol. The van der Waals surface area contributed by atoms with Crippen molar-refractivity contribution in [2.24, 2.45) is 0 Å². The van der Waals surface area contributed by atoms with Gasteiger partial charge in [-0.2, -0.15) is 0 Å². The third kappa shape index (κ3) is 4.03. The molecule has 0 N–H and O–H groups in total. The predicted molar refractivity (Wildman–Crippen MR) is 212 cm³/mol. The fraction of sp³-hybridized carbons (Fsp3) is 0. The first-order chi connectivity index (χ1) is 24.8. The maximum atomic E-state index is 6.75. The second-order valence-corrected chi connectivity index (χ2v) is 13.9. The van der Waals surface area contributed by atoms with Crippen LogP contribution in [0.15, 0.2) is 173 Å². The Morgan fingerprint density at radius 1 is 0.440 bits per heavy atom. The van der Waals surface area contributed by atoms with E-state index >= 15 is 0 Å². The number of hydrogen-bond donors (Lipinski definition) is 0. The van der Waals surface area contributed by atoms with Gasteiger partial charge in [-0.05, 0) is 70.4 Å². The van der Waals surface area contributed by atoms with Gasteiger partial charge in [0.15, 0.2) is 5.58 Å². The normalized spacial score (nSPS) is 12.0. The Kier molecular flexibility index (Phi) is 5.83. The quantitative estimate of drug-likeness (QED) is 0.189. The number of hydrogen-bond acceptors (Lipinski definition) is 4. The van der Waals surface area contributed by atoms with Crippen LogP contribution in [0.2, 0.25) is 0 Å². The number of nitrogens with zero attached hydrogens (tertiary/aromatic N) is 1. The van der Waals surface area contributed by atoms with Crippen molar-refractivity contribution in [2.45, 2.75) is 0 Å². The third-order valence-electron chi connectivity index (χ3n) is 10.1. The van der Waals surface area contributed by atoms with E-state index in [0.717, 1.165) is 60.9 Å². The number of para-hydroxylation sites is 2. The molecule has 3 heterocycles. The molecule has 50 heavy (non-hydrogen) atoms. The number of fused-ring (bicyclic) bond motifs is 11. The zero-order chi connectivity index (χ0) is 32.8. The zero-order valence-corrected chi connectivity index (χ0v) is 27.6. The fourth-order valence-corrected chi connectivity index (χ4v) is 8.94. The van der Waals surface area contributed by atoms with Gasteiger partial charge in [0.05, 0.1) is 15.8 Å². The molecule has 3 aromatic heterocycles. The van der Waals surface area contributed by atoms with Crippen molar-refractivity contribution in [3.05, 3.63) is 164 Å². The molecular formula is C46H27NO2S. The summed E-state index contributed by atoms with van der Waals surface area (Å²) >= 11 is 1.80. The molecule has 11 aromatic rings. The van der Waals surface area contributed by atoms with Gasteiger partial charge < -0.3 is 13.7 Å². The van der Waals surface area contributed by atoms with Gasteiger partial charge in [-0.25, -0.2) is 0 Å². The first-order valence-electron chi connectivity index (χ1n) is 16.8. The van der Waals surface area contributed by atoms with E-state index in [4.69, 9.17) is 8.83 Å². The molecule has 0 bridgehead atoms. The largest absolute Gasteiger partial charge is 0.456 e. The van der Waals surface area contributed by atoms with Crippen molar-refractivity contribution in [3.63, 3.8) is 0 Å². The molecule has 0 amide bonds. The van der Waals surface area contributed by atoms with E-state index in [1.807, 2.05) is 18.2 Å². The first-order valence-corrected chi connectivity index (χ1v) is 17.7. The molecule has 0 saturated heterocycles. The van der Waals surface area contributed by atoms with Crippen LogP contribution >= 0.6 is 11.3 Å². The molecule has 0 aliphatic rings. The molecule has 0 aliphatic carbocycles. The summed E-state index contributed by atoms with van der Waals surface area (Å²) in [5.74, 6) is 0. The highest BCUT2D eigenvalue weighted by molar-refractivity contribution is 7.26. The summed E-state index contributed by atoms with van der Waals surface area (Å²) in [7, 11) is 0. The molecule has 8 aromatic carbocycles. The van der Waals surface area contributed by atoms with Gasteiger partial charge in [-0.1, -0.05) is 109 Å². The van der Waals surface area contributed by atoms with Gasteiger partial charge in [0, 0.05) is 49.1 Å². The number of rotatable bonds is 4. The van der Waals surface area contributed by atoms with E-state index in [2.05, 4.69) is 150 Å². The van der Waals surface area contributed by atoms with Gasteiger partial charge in [-0.15, -0.1) is 11.3 Å². The van der Waals surface area contributed by atoms with E-state index in [0.29, 0.717) is 0 Å². The smallest absolute Gasteiger partial charge is 0.155 e. The molecule has 0 spiro atoms.